The average molecular weight is 242 g/mol. The molecule has 15 heavy (non-hydrogen) atoms. The quantitative estimate of drug-likeness (QED) is 0.759. The lowest BCUT2D eigenvalue weighted by Gasteiger charge is -2.13. The van der Waals surface area contributed by atoms with E-state index >= 15 is 0 Å². The fourth-order valence-corrected chi connectivity index (χ4v) is 2.36. The Hall–Kier alpha value is -0.850. The normalized spacial score (nSPS) is 9.80. The van der Waals surface area contributed by atoms with Gasteiger partial charge in [-0.25, -0.2) is 0 Å². The van der Waals surface area contributed by atoms with E-state index < -0.39 is 0 Å². The van der Waals surface area contributed by atoms with Crippen molar-refractivity contribution in [2.45, 2.75) is 18.7 Å². The summed E-state index contributed by atoms with van der Waals surface area (Å²) in [5.41, 5.74) is 1.97. The summed E-state index contributed by atoms with van der Waals surface area (Å²) in [6.45, 7) is 3.88. The first-order chi connectivity index (χ1) is 7.11. The number of hydrogen-bond acceptors (Lipinski definition) is 3. The minimum Gasteiger partial charge on any atom is -0.496 e. The molecule has 0 aliphatic carbocycles. The van der Waals surface area contributed by atoms with Gasteiger partial charge in [0.1, 0.15) is 5.75 Å². The summed E-state index contributed by atoms with van der Waals surface area (Å²) >= 11 is 7.59. The number of benzene rings is 1. The van der Waals surface area contributed by atoms with Gasteiger partial charge in [-0.15, -0.1) is 11.8 Å². The molecule has 80 valence electrons. The molecule has 4 heteroatoms. The molecule has 0 N–H and O–H groups in total. The van der Waals surface area contributed by atoms with Crippen LogP contribution in [0.4, 0.5) is 0 Å². The number of halogens is 1. The predicted molar refractivity (Wildman–Crippen MR) is 63.8 cm³/mol. The molecule has 0 aliphatic rings. The number of nitrogens with zero attached hydrogens (tertiary/aromatic N) is 1. The van der Waals surface area contributed by atoms with Crippen LogP contribution in [-0.4, -0.2) is 12.9 Å². The van der Waals surface area contributed by atoms with Crippen LogP contribution in [0.2, 0.25) is 5.02 Å². The van der Waals surface area contributed by atoms with Crippen molar-refractivity contribution in [2.24, 2.45) is 0 Å². The highest BCUT2D eigenvalue weighted by Crippen LogP contribution is 2.38. The number of nitriles is 1. The van der Waals surface area contributed by atoms with E-state index in [9.17, 15) is 0 Å². The van der Waals surface area contributed by atoms with Crippen LogP contribution in [0.15, 0.2) is 11.0 Å². The number of thioether (sulfide) groups is 1. The van der Waals surface area contributed by atoms with Crippen LogP contribution in [0.5, 0.6) is 5.75 Å². The van der Waals surface area contributed by atoms with E-state index in [0.29, 0.717) is 5.75 Å². The van der Waals surface area contributed by atoms with E-state index in [4.69, 9.17) is 21.6 Å². The zero-order chi connectivity index (χ0) is 11.4. The second-order valence-corrected chi connectivity index (χ2v) is 4.47. The van der Waals surface area contributed by atoms with Gasteiger partial charge in [0.2, 0.25) is 0 Å². The summed E-state index contributed by atoms with van der Waals surface area (Å²) in [6, 6.07) is 3.99. The standard InChI is InChI=1S/C11H12ClNOS/c1-7-6-9(14-3)11(15-5-4-13)8(2)10(7)12/h6H,5H2,1-3H3. The maximum atomic E-state index is 8.56. The molecular weight excluding hydrogens is 230 g/mol. The van der Waals surface area contributed by atoms with E-state index in [1.165, 1.54) is 11.8 Å². The lowest BCUT2D eigenvalue weighted by atomic mass is 10.1. The summed E-state index contributed by atoms with van der Waals surface area (Å²) in [5.74, 6) is 1.19. The summed E-state index contributed by atoms with van der Waals surface area (Å²) in [5, 5.41) is 9.31. The molecule has 0 bridgehead atoms. The van der Waals surface area contributed by atoms with Crippen molar-refractivity contribution in [3.63, 3.8) is 0 Å². The van der Waals surface area contributed by atoms with Gasteiger partial charge in [0.05, 0.1) is 23.8 Å². The van der Waals surface area contributed by atoms with Crippen LogP contribution in [0.1, 0.15) is 11.1 Å². The highest BCUT2D eigenvalue weighted by molar-refractivity contribution is 7.99. The van der Waals surface area contributed by atoms with Gasteiger partial charge in [0.25, 0.3) is 0 Å². The van der Waals surface area contributed by atoms with Crippen molar-refractivity contribution in [3.8, 4) is 11.8 Å². The van der Waals surface area contributed by atoms with Crippen molar-refractivity contribution >= 4 is 23.4 Å². The van der Waals surface area contributed by atoms with Gasteiger partial charge < -0.3 is 4.74 Å². The first-order valence-electron chi connectivity index (χ1n) is 4.45. The Kier molecular flexibility index (Phi) is 4.31. The van der Waals surface area contributed by atoms with Crippen molar-refractivity contribution in [3.05, 3.63) is 22.2 Å². The van der Waals surface area contributed by atoms with Crippen molar-refractivity contribution in [2.75, 3.05) is 12.9 Å². The van der Waals surface area contributed by atoms with Crippen LogP contribution in [0.25, 0.3) is 0 Å². The Morgan fingerprint density at radius 2 is 2.20 bits per heavy atom. The van der Waals surface area contributed by atoms with E-state index in [0.717, 1.165) is 26.8 Å². The summed E-state index contributed by atoms with van der Waals surface area (Å²) in [6.07, 6.45) is 0. The molecule has 0 saturated carbocycles. The Morgan fingerprint density at radius 3 is 2.73 bits per heavy atom. The maximum absolute atomic E-state index is 8.56. The number of methoxy groups -OCH3 is 1. The average Bonchev–Trinajstić information content (AvgIpc) is 2.24. The monoisotopic (exact) mass is 241 g/mol. The summed E-state index contributed by atoms with van der Waals surface area (Å²) < 4.78 is 5.27. The van der Waals surface area contributed by atoms with Crippen LogP contribution in [-0.2, 0) is 0 Å². The lowest BCUT2D eigenvalue weighted by molar-refractivity contribution is 0.404. The minimum atomic E-state index is 0.399. The molecular formula is C11H12ClNOS. The molecule has 1 aromatic carbocycles. The van der Waals surface area contributed by atoms with Gasteiger partial charge in [0.15, 0.2) is 0 Å². The molecule has 0 saturated heterocycles. The highest BCUT2D eigenvalue weighted by Gasteiger charge is 2.12. The van der Waals surface area contributed by atoms with Gasteiger partial charge in [0, 0.05) is 5.02 Å². The summed E-state index contributed by atoms with van der Waals surface area (Å²) in [7, 11) is 1.62. The molecule has 1 rings (SSSR count). The third-order valence-electron chi connectivity index (χ3n) is 2.09. The smallest absolute Gasteiger partial charge is 0.133 e. The van der Waals surface area contributed by atoms with Gasteiger partial charge in [-0.05, 0) is 31.0 Å². The lowest BCUT2D eigenvalue weighted by Crippen LogP contribution is -1.93. The van der Waals surface area contributed by atoms with E-state index in [1.54, 1.807) is 7.11 Å². The zero-order valence-corrected chi connectivity index (χ0v) is 10.5. The molecule has 1 aromatic rings. The molecule has 0 atom stereocenters. The van der Waals surface area contributed by atoms with Crippen LogP contribution < -0.4 is 4.74 Å². The molecule has 0 amide bonds. The molecule has 0 radical (unpaired) electrons. The third kappa shape index (κ3) is 2.58. The van der Waals surface area contributed by atoms with Crippen molar-refractivity contribution < 1.29 is 4.74 Å². The molecule has 0 fully saturated rings. The second kappa shape index (κ2) is 5.29. The molecule has 0 aliphatic heterocycles. The van der Waals surface area contributed by atoms with E-state index in [1.807, 2.05) is 19.9 Å². The SMILES string of the molecule is COc1cc(C)c(Cl)c(C)c1SCC#N. The largest absolute Gasteiger partial charge is 0.496 e. The molecule has 0 unspecified atom stereocenters. The third-order valence-corrected chi connectivity index (χ3v) is 3.74. The molecule has 2 nitrogen and oxygen atoms in total. The molecule has 0 aromatic heterocycles. The molecule has 0 spiro atoms. The Bertz CT molecular complexity index is 412. The summed E-state index contributed by atoms with van der Waals surface area (Å²) in [4.78, 5) is 0.953. The molecule has 0 heterocycles. The number of aryl methyl sites for hydroxylation is 1. The van der Waals surface area contributed by atoms with Crippen LogP contribution in [0, 0.1) is 25.2 Å². The topological polar surface area (TPSA) is 33.0 Å². The van der Waals surface area contributed by atoms with Crippen molar-refractivity contribution in [1.82, 2.24) is 0 Å². The van der Waals surface area contributed by atoms with Crippen molar-refractivity contribution in [1.29, 1.82) is 5.26 Å². The number of hydrogen-bond donors (Lipinski definition) is 0. The van der Waals surface area contributed by atoms with Gasteiger partial charge in [-0.3, -0.25) is 0 Å². The van der Waals surface area contributed by atoms with Gasteiger partial charge >= 0.3 is 0 Å². The Labute approximate surface area is 99.2 Å². The second-order valence-electron chi connectivity index (χ2n) is 3.11. The zero-order valence-electron chi connectivity index (χ0n) is 8.93. The number of ether oxygens (including phenoxy) is 1. The van der Waals surface area contributed by atoms with Gasteiger partial charge in [-0.2, -0.15) is 5.26 Å². The first-order valence-corrected chi connectivity index (χ1v) is 5.81. The number of rotatable bonds is 3. The maximum Gasteiger partial charge on any atom is 0.133 e. The first kappa shape index (κ1) is 12.2. The predicted octanol–water partition coefficient (Wildman–Crippen LogP) is 3.58. The highest BCUT2D eigenvalue weighted by atomic mass is 35.5. The Morgan fingerprint density at radius 1 is 1.53 bits per heavy atom. The van der Waals surface area contributed by atoms with Crippen LogP contribution in [0.3, 0.4) is 0 Å². The minimum absolute atomic E-state index is 0.399. The van der Waals surface area contributed by atoms with E-state index in [-0.39, 0.29) is 0 Å². The fourth-order valence-electron chi connectivity index (χ4n) is 1.34. The van der Waals surface area contributed by atoms with Crippen LogP contribution >= 0.6 is 23.4 Å². The fraction of sp³-hybridized carbons (Fsp3) is 0.364. The van der Waals surface area contributed by atoms with Gasteiger partial charge in [-0.1, -0.05) is 11.6 Å². The Balaban J connectivity index is 3.22. The van der Waals surface area contributed by atoms with E-state index in [2.05, 4.69) is 6.07 Å².